The van der Waals surface area contributed by atoms with Gasteiger partial charge in [-0.1, -0.05) is 0 Å². The van der Waals surface area contributed by atoms with E-state index in [2.05, 4.69) is 4.72 Å². The molecule has 0 aliphatic rings. The Balaban J connectivity index is 2.11. The molecule has 0 fully saturated rings. The number of aryl methyl sites for hydroxylation is 1. The number of nitrogens with zero attached hydrogens (tertiary/aromatic N) is 1. The predicted octanol–water partition coefficient (Wildman–Crippen LogP) is 1.20. The van der Waals surface area contributed by atoms with Gasteiger partial charge < -0.3 is 9.67 Å². The second kappa shape index (κ2) is 5.48. The topological polar surface area (TPSA) is 88.4 Å². The van der Waals surface area contributed by atoms with Gasteiger partial charge in [0.05, 0.1) is 10.5 Å². The number of aromatic nitrogens is 1. The Hall–Kier alpha value is -2.12. The molecule has 6 nitrogen and oxygen atoms in total. The first-order valence-electron chi connectivity index (χ1n) is 5.82. The predicted molar refractivity (Wildman–Crippen MR) is 72.8 cm³/mol. The molecule has 0 saturated carbocycles. The molecule has 0 radical (unpaired) electrons. The number of carboxylic acid groups (broad SMARTS) is 1. The second-order valence-corrected chi connectivity index (χ2v) is 6.11. The number of hydrogen-bond donors (Lipinski definition) is 2. The zero-order valence-corrected chi connectivity index (χ0v) is 11.6. The fourth-order valence-electron chi connectivity index (χ4n) is 1.70. The largest absolute Gasteiger partial charge is 0.478 e. The molecule has 1 aromatic carbocycles. The third-order valence-electron chi connectivity index (χ3n) is 2.77. The molecule has 106 valence electrons. The molecule has 0 aliphatic carbocycles. The van der Waals surface area contributed by atoms with E-state index in [1.165, 1.54) is 24.3 Å². The molecule has 1 aromatic heterocycles. The van der Waals surface area contributed by atoms with E-state index in [0.29, 0.717) is 0 Å². The lowest BCUT2D eigenvalue weighted by atomic mass is 10.2. The van der Waals surface area contributed by atoms with Crippen molar-refractivity contribution in [1.29, 1.82) is 0 Å². The summed E-state index contributed by atoms with van der Waals surface area (Å²) in [5.41, 5.74) is 0.894. The van der Waals surface area contributed by atoms with E-state index in [4.69, 9.17) is 5.11 Å². The highest BCUT2D eigenvalue weighted by Crippen LogP contribution is 2.11. The molecule has 0 spiro atoms. The molecule has 0 bridgehead atoms. The molecule has 2 aromatic rings. The second-order valence-electron chi connectivity index (χ2n) is 4.34. The SMILES string of the molecule is Cn1ccc(CNS(=O)(=O)c2ccc(C(=O)O)cc2)c1. The van der Waals surface area contributed by atoms with Crippen LogP contribution < -0.4 is 4.72 Å². The third-order valence-corrected chi connectivity index (χ3v) is 4.19. The summed E-state index contributed by atoms with van der Waals surface area (Å²) < 4.78 is 28.3. The maximum Gasteiger partial charge on any atom is 0.335 e. The average molecular weight is 294 g/mol. The van der Waals surface area contributed by atoms with Crippen LogP contribution >= 0.6 is 0 Å². The van der Waals surface area contributed by atoms with Crippen LogP contribution in [0.3, 0.4) is 0 Å². The number of hydrogen-bond acceptors (Lipinski definition) is 3. The number of benzene rings is 1. The first-order chi connectivity index (χ1) is 9.38. The fraction of sp³-hybridized carbons (Fsp3) is 0.154. The van der Waals surface area contributed by atoms with Crippen LogP contribution in [0.2, 0.25) is 0 Å². The minimum atomic E-state index is -3.64. The Morgan fingerprint density at radius 1 is 1.25 bits per heavy atom. The van der Waals surface area contributed by atoms with Gasteiger partial charge in [-0.3, -0.25) is 0 Å². The van der Waals surface area contributed by atoms with Crippen LogP contribution in [0.1, 0.15) is 15.9 Å². The van der Waals surface area contributed by atoms with Crippen molar-refractivity contribution in [3.63, 3.8) is 0 Å². The molecular weight excluding hydrogens is 280 g/mol. The highest BCUT2D eigenvalue weighted by molar-refractivity contribution is 7.89. The van der Waals surface area contributed by atoms with Gasteiger partial charge in [0.2, 0.25) is 10.0 Å². The summed E-state index contributed by atoms with van der Waals surface area (Å²) >= 11 is 0. The number of rotatable bonds is 5. The molecule has 7 heteroatoms. The Labute approximate surface area is 116 Å². The van der Waals surface area contributed by atoms with Crippen molar-refractivity contribution in [3.8, 4) is 0 Å². The maximum atomic E-state index is 12.0. The number of aromatic carboxylic acids is 1. The highest BCUT2D eigenvalue weighted by Gasteiger charge is 2.14. The molecule has 2 N–H and O–H groups in total. The van der Waals surface area contributed by atoms with Gasteiger partial charge in [0.15, 0.2) is 0 Å². The van der Waals surface area contributed by atoms with E-state index in [0.717, 1.165) is 5.56 Å². The summed E-state index contributed by atoms with van der Waals surface area (Å²) in [6.45, 7) is 0.184. The Morgan fingerprint density at radius 3 is 2.40 bits per heavy atom. The van der Waals surface area contributed by atoms with Gasteiger partial charge >= 0.3 is 5.97 Å². The molecule has 20 heavy (non-hydrogen) atoms. The van der Waals surface area contributed by atoms with Crippen LogP contribution in [-0.2, 0) is 23.6 Å². The molecule has 0 amide bonds. The summed E-state index contributed by atoms with van der Waals surface area (Å²) in [5, 5.41) is 8.77. The number of nitrogens with one attached hydrogen (secondary N) is 1. The summed E-state index contributed by atoms with van der Waals surface area (Å²) in [4.78, 5) is 10.7. The van der Waals surface area contributed by atoms with E-state index >= 15 is 0 Å². The number of sulfonamides is 1. The monoisotopic (exact) mass is 294 g/mol. The lowest BCUT2D eigenvalue weighted by Crippen LogP contribution is -2.23. The minimum Gasteiger partial charge on any atom is -0.478 e. The first kappa shape index (κ1) is 14.3. The van der Waals surface area contributed by atoms with Gasteiger partial charge in [0.1, 0.15) is 0 Å². The van der Waals surface area contributed by atoms with E-state index in [-0.39, 0.29) is 17.0 Å². The first-order valence-corrected chi connectivity index (χ1v) is 7.31. The van der Waals surface area contributed by atoms with Gasteiger partial charge in [0.25, 0.3) is 0 Å². The highest BCUT2D eigenvalue weighted by atomic mass is 32.2. The summed E-state index contributed by atoms with van der Waals surface area (Å²) in [6, 6.07) is 6.89. The van der Waals surface area contributed by atoms with Gasteiger partial charge in [-0.15, -0.1) is 0 Å². The number of carboxylic acids is 1. The molecule has 0 atom stereocenters. The van der Waals surface area contributed by atoms with Crippen LogP contribution in [0.5, 0.6) is 0 Å². The van der Waals surface area contributed by atoms with Crippen molar-refractivity contribution in [2.75, 3.05) is 0 Å². The van der Waals surface area contributed by atoms with Crippen LogP contribution in [0.25, 0.3) is 0 Å². The van der Waals surface area contributed by atoms with Crippen molar-refractivity contribution in [2.45, 2.75) is 11.4 Å². The lowest BCUT2D eigenvalue weighted by Gasteiger charge is -2.06. The van der Waals surface area contributed by atoms with E-state index < -0.39 is 16.0 Å². The van der Waals surface area contributed by atoms with Gasteiger partial charge in [0, 0.05) is 26.0 Å². The van der Waals surface area contributed by atoms with Crippen molar-refractivity contribution >= 4 is 16.0 Å². The van der Waals surface area contributed by atoms with Crippen molar-refractivity contribution in [2.24, 2.45) is 7.05 Å². The molecule has 0 unspecified atom stereocenters. The zero-order chi connectivity index (χ0) is 14.8. The normalized spacial score (nSPS) is 11.4. The van der Waals surface area contributed by atoms with Crippen molar-refractivity contribution < 1.29 is 18.3 Å². The molecular formula is C13H14N2O4S. The molecule has 0 saturated heterocycles. The molecule has 1 heterocycles. The van der Waals surface area contributed by atoms with Crippen LogP contribution in [0, 0.1) is 0 Å². The Morgan fingerprint density at radius 2 is 1.90 bits per heavy atom. The van der Waals surface area contributed by atoms with E-state index in [1.807, 2.05) is 30.1 Å². The van der Waals surface area contributed by atoms with E-state index in [1.54, 1.807) is 0 Å². The zero-order valence-electron chi connectivity index (χ0n) is 10.8. The average Bonchev–Trinajstić information content (AvgIpc) is 2.82. The summed E-state index contributed by atoms with van der Waals surface area (Å²) in [7, 11) is -1.79. The maximum absolute atomic E-state index is 12.0. The number of carbonyl (C=O) groups is 1. The van der Waals surface area contributed by atoms with Gasteiger partial charge in [-0.05, 0) is 35.9 Å². The smallest absolute Gasteiger partial charge is 0.335 e. The minimum absolute atomic E-state index is 0.0402. The molecule has 0 aliphatic heterocycles. The fourth-order valence-corrected chi connectivity index (χ4v) is 2.72. The van der Waals surface area contributed by atoms with Gasteiger partial charge in [-0.2, -0.15) is 0 Å². The lowest BCUT2D eigenvalue weighted by molar-refractivity contribution is 0.0696. The van der Waals surface area contributed by atoms with Crippen LogP contribution in [0.15, 0.2) is 47.6 Å². The van der Waals surface area contributed by atoms with Crippen LogP contribution in [0.4, 0.5) is 0 Å². The van der Waals surface area contributed by atoms with Gasteiger partial charge in [-0.25, -0.2) is 17.9 Å². The van der Waals surface area contributed by atoms with E-state index in [9.17, 15) is 13.2 Å². The third kappa shape index (κ3) is 3.25. The Bertz CT molecular complexity index is 717. The summed E-state index contributed by atoms with van der Waals surface area (Å²) in [6.07, 6.45) is 3.64. The van der Waals surface area contributed by atoms with Crippen molar-refractivity contribution in [3.05, 3.63) is 53.9 Å². The van der Waals surface area contributed by atoms with Crippen molar-refractivity contribution in [1.82, 2.24) is 9.29 Å². The van der Waals surface area contributed by atoms with Crippen LogP contribution in [-0.4, -0.2) is 24.1 Å². The standard InChI is InChI=1S/C13H14N2O4S/c1-15-7-6-10(9-15)8-14-20(18,19)12-4-2-11(3-5-12)13(16)17/h2-7,9,14H,8H2,1H3,(H,16,17). The quantitative estimate of drug-likeness (QED) is 0.867. The Kier molecular flexibility index (Phi) is 3.91. The summed E-state index contributed by atoms with van der Waals surface area (Å²) in [5.74, 6) is -1.09. The molecule has 2 rings (SSSR count).